The Morgan fingerprint density at radius 3 is 2.64 bits per heavy atom. The zero-order valence-electron chi connectivity index (χ0n) is 8.88. The Morgan fingerprint density at radius 2 is 1.93 bits per heavy atom. The van der Waals surface area contributed by atoms with Crippen molar-refractivity contribution in [3.63, 3.8) is 0 Å². The Bertz CT molecular complexity index is 166. The van der Waals surface area contributed by atoms with Crippen molar-refractivity contribution >= 4 is 15.9 Å². The lowest BCUT2D eigenvalue weighted by molar-refractivity contribution is 0.181. The lowest BCUT2D eigenvalue weighted by Crippen LogP contribution is -2.20. The molecule has 0 aromatic carbocycles. The summed E-state index contributed by atoms with van der Waals surface area (Å²) in [4.78, 5) is 0.804. The van der Waals surface area contributed by atoms with Gasteiger partial charge in [0.05, 0.1) is 0 Å². The highest BCUT2D eigenvalue weighted by molar-refractivity contribution is 9.09. The third kappa shape index (κ3) is 2.96. The molecule has 2 rings (SSSR count). The van der Waals surface area contributed by atoms with Crippen molar-refractivity contribution in [2.24, 2.45) is 11.8 Å². The quantitative estimate of drug-likeness (QED) is 0.703. The maximum atomic E-state index is 5.41. The Morgan fingerprint density at radius 1 is 1.07 bits per heavy atom. The highest BCUT2D eigenvalue weighted by atomic mass is 79.9. The van der Waals surface area contributed by atoms with Gasteiger partial charge in [0.2, 0.25) is 0 Å². The van der Waals surface area contributed by atoms with Crippen LogP contribution in [0.3, 0.4) is 0 Å². The summed E-state index contributed by atoms with van der Waals surface area (Å²) in [5, 5.41) is 0. The number of hydrogen-bond donors (Lipinski definition) is 0. The van der Waals surface area contributed by atoms with Crippen molar-refractivity contribution in [2.75, 3.05) is 13.2 Å². The van der Waals surface area contributed by atoms with E-state index in [1.807, 2.05) is 0 Å². The predicted molar refractivity (Wildman–Crippen MR) is 62.8 cm³/mol. The molecule has 2 heteroatoms. The zero-order valence-corrected chi connectivity index (χ0v) is 10.5. The molecule has 1 nitrogen and oxygen atoms in total. The predicted octanol–water partition coefficient (Wildman–Crippen LogP) is 3.76. The van der Waals surface area contributed by atoms with E-state index in [1.54, 1.807) is 0 Å². The smallest absolute Gasteiger partial charge is 0.0495 e. The van der Waals surface area contributed by atoms with Crippen molar-refractivity contribution in [2.45, 2.75) is 49.8 Å². The van der Waals surface area contributed by atoms with Crippen LogP contribution in [0.1, 0.15) is 44.9 Å². The highest BCUT2D eigenvalue weighted by Gasteiger charge is 2.24. The van der Waals surface area contributed by atoms with Gasteiger partial charge in [0.25, 0.3) is 0 Å². The van der Waals surface area contributed by atoms with Gasteiger partial charge in [0.15, 0.2) is 0 Å². The minimum absolute atomic E-state index is 0.804. The van der Waals surface area contributed by atoms with Gasteiger partial charge in [0.1, 0.15) is 0 Å². The van der Waals surface area contributed by atoms with Crippen LogP contribution in [0, 0.1) is 11.8 Å². The fourth-order valence-electron chi connectivity index (χ4n) is 2.75. The molecule has 3 unspecified atom stereocenters. The minimum Gasteiger partial charge on any atom is -0.381 e. The summed E-state index contributed by atoms with van der Waals surface area (Å²) >= 11 is 3.83. The Kier molecular flexibility index (Phi) is 4.30. The summed E-state index contributed by atoms with van der Waals surface area (Å²) < 4.78 is 5.41. The second kappa shape index (κ2) is 5.50. The summed E-state index contributed by atoms with van der Waals surface area (Å²) in [7, 11) is 0. The molecule has 0 bridgehead atoms. The van der Waals surface area contributed by atoms with Crippen LogP contribution in [0.25, 0.3) is 0 Å². The van der Waals surface area contributed by atoms with Gasteiger partial charge in [-0.3, -0.25) is 0 Å². The molecule has 14 heavy (non-hydrogen) atoms. The fraction of sp³-hybridized carbons (Fsp3) is 1.00. The number of hydrogen-bond acceptors (Lipinski definition) is 1. The van der Waals surface area contributed by atoms with Crippen molar-refractivity contribution in [1.29, 1.82) is 0 Å². The van der Waals surface area contributed by atoms with E-state index in [0.29, 0.717) is 0 Å². The van der Waals surface area contributed by atoms with Gasteiger partial charge in [-0.15, -0.1) is 0 Å². The molecule has 1 saturated heterocycles. The molecule has 0 radical (unpaired) electrons. The van der Waals surface area contributed by atoms with Crippen LogP contribution in [0.15, 0.2) is 0 Å². The van der Waals surface area contributed by atoms with Crippen molar-refractivity contribution in [1.82, 2.24) is 0 Å². The molecule has 0 N–H and O–H groups in total. The first-order valence-corrected chi connectivity index (χ1v) is 6.99. The average molecular weight is 261 g/mol. The van der Waals surface area contributed by atoms with Gasteiger partial charge < -0.3 is 4.74 Å². The van der Waals surface area contributed by atoms with E-state index >= 15 is 0 Å². The van der Waals surface area contributed by atoms with E-state index in [4.69, 9.17) is 4.74 Å². The first kappa shape index (κ1) is 10.9. The second-order valence-corrected chi connectivity index (χ2v) is 6.04. The van der Waals surface area contributed by atoms with Crippen LogP contribution in [0.2, 0.25) is 0 Å². The largest absolute Gasteiger partial charge is 0.381 e. The third-order valence-electron chi connectivity index (χ3n) is 3.79. The maximum absolute atomic E-state index is 5.41. The van der Waals surface area contributed by atoms with Crippen LogP contribution in [-0.2, 0) is 4.74 Å². The van der Waals surface area contributed by atoms with Gasteiger partial charge in [-0.25, -0.2) is 0 Å². The van der Waals surface area contributed by atoms with E-state index in [-0.39, 0.29) is 0 Å². The number of alkyl halides is 1. The summed E-state index contributed by atoms with van der Waals surface area (Å²) in [6.07, 6.45) is 9.85. The molecule has 1 aliphatic heterocycles. The number of ether oxygens (including phenoxy) is 1. The lowest BCUT2D eigenvalue weighted by atomic mass is 9.84. The third-order valence-corrected chi connectivity index (χ3v) is 4.99. The lowest BCUT2D eigenvalue weighted by Gasteiger charge is -2.28. The Labute approximate surface area is 95.7 Å². The molecule has 3 atom stereocenters. The Hall–Kier alpha value is 0.440. The van der Waals surface area contributed by atoms with Gasteiger partial charge >= 0.3 is 0 Å². The molecule has 1 heterocycles. The number of rotatable bonds is 3. The van der Waals surface area contributed by atoms with E-state index in [0.717, 1.165) is 29.9 Å². The van der Waals surface area contributed by atoms with Gasteiger partial charge in [-0.1, -0.05) is 28.8 Å². The standard InChI is InChI=1S/C12H21BrO/c13-12-4-2-1-3-11(12)6-5-10-7-8-14-9-10/h10-12H,1-9H2. The summed E-state index contributed by atoms with van der Waals surface area (Å²) in [5.74, 6) is 1.82. The summed E-state index contributed by atoms with van der Waals surface area (Å²) in [6, 6.07) is 0. The SMILES string of the molecule is BrC1CCCCC1CCC1CCOC1. The molecule has 2 aliphatic rings. The van der Waals surface area contributed by atoms with E-state index in [2.05, 4.69) is 15.9 Å². The van der Waals surface area contributed by atoms with Gasteiger partial charge in [-0.05, 0) is 43.9 Å². The molecule has 82 valence electrons. The monoisotopic (exact) mass is 260 g/mol. The van der Waals surface area contributed by atoms with Crippen molar-refractivity contribution in [3.8, 4) is 0 Å². The van der Waals surface area contributed by atoms with Crippen molar-refractivity contribution < 1.29 is 4.74 Å². The first-order chi connectivity index (χ1) is 6.86. The highest BCUT2D eigenvalue weighted by Crippen LogP contribution is 2.34. The molecule has 0 spiro atoms. The summed E-state index contributed by atoms with van der Waals surface area (Å²) in [5.41, 5.74) is 0. The van der Waals surface area contributed by atoms with Crippen LogP contribution in [0.5, 0.6) is 0 Å². The van der Waals surface area contributed by atoms with Crippen LogP contribution < -0.4 is 0 Å². The molecule has 2 fully saturated rings. The zero-order chi connectivity index (χ0) is 9.80. The van der Waals surface area contributed by atoms with Gasteiger partial charge in [-0.2, -0.15) is 0 Å². The van der Waals surface area contributed by atoms with Crippen molar-refractivity contribution in [3.05, 3.63) is 0 Å². The molecule has 1 saturated carbocycles. The molecule has 1 aliphatic carbocycles. The van der Waals surface area contributed by atoms with Crippen LogP contribution >= 0.6 is 15.9 Å². The van der Waals surface area contributed by atoms with E-state index < -0.39 is 0 Å². The molecule has 0 amide bonds. The topological polar surface area (TPSA) is 9.23 Å². The fourth-order valence-corrected chi connectivity index (χ4v) is 3.60. The normalized spacial score (nSPS) is 38.8. The molecule has 0 aromatic heterocycles. The average Bonchev–Trinajstić information content (AvgIpc) is 2.69. The maximum Gasteiger partial charge on any atom is 0.0495 e. The molecular formula is C12H21BrO. The minimum atomic E-state index is 0.804. The van der Waals surface area contributed by atoms with E-state index in [1.165, 1.54) is 44.9 Å². The van der Waals surface area contributed by atoms with Gasteiger partial charge in [0, 0.05) is 18.0 Å². The molecule has 0 aromatic rings. The summed E-state index contributed by atoms with van der Waals surface area (Å²) in [6.45, 7) is 2.03. The van der Waals surface area contributed by atoms with E-state index in [9.17, 15) is 0 Å². The van der Waals surface area contributed by atoms with Crippen LogP contribution in [-0.4, -0.2) is 18.0 Å². The Balaban J connectivity index is 1.67. The second-order valence-electron chi connectivity index (χ2n) is 4.87. The molecular weight excluding hydrogens is 240 g/mol. The number of halogens is 1. The first-order valence-electron chi connectivity index (χ1n) is 6.08. The van der Waals surface area contributed by atoms with Crippen LogP contribution in [0.4, 0.5) is 0 Å².